The van der Waals surface area contributed by atoms with Crippen LogP contribution in [0.1, 0.15) is 40.8 Å². The van der Waals surface area contributed by atoms with Gasteiger partial charge in [-0.1, -0.05) is 13.0 Å². The van der Waals surface area contributed by atoms with Crippen molar-refractivity contribution in [2.75, 3.05) is 18.4 Å². The number of thiazole rings is 2. The molecule has 0 saturated carbocycles. The molecule has 0 atom stereocenters. The Bertz CT molecular complexity index is 945. The monoisotopic (exact) mass is 413 g/mol. The summed E-state index contributed by atoms with van der Waals surface area (Å²) < 4.78 is 0. The van der Waals surface area contributed by atoms with Crippen LogP contribution in [0.25, 0.3) is 10.7 Å². The molecule has 1 saturated heterocycles. The van der Waals surface area contributed by atoms with Gasteiger partial charge in [0.25, 0.3) is 5.91 Å². The third-order valence-corrected chi connectivity index (χ3v) is 6.91. The third kappa shape index (κ3) is 4.45. The van der Waals surface area contributed by atoms with E-state index in [9.17, 15) is 4.79 Å². The number of rotatable bonds is 5. The van der Waals surface area contributed by atoms with Gasteiger partial charge in [0.05, 0.1) is 17.1 Å². The second-order valence-electron chi connectivity index (χ2n) is 7.21. The Labute approximate surface area is 172 Å². The van der Waals surface area contributed by atoms with Gasteiger partial charge in [0.15, 0.2) is 5.13 Å². The molecule has 0 unspecified atom stereocenters. The molecular formula is C20H23N5OS2. The molecule has 0 bridgehead atoms. The summed E-state index contributed by atoms with van der Waals surface area (Å²) in [6.07, 6.45) is 4.22. The lowest BCUT2D eigenvalue weighted by atomic mass is 9.99. The van der Waals surface area contributed by atoms with Crippen molar-refractivity contribution in [3.63, 3.8) is 0 Å². The van der Waals surface area contributed by atoms with Crippen molar-refractivity contribution in [2.24, 2.45) is 5.92 Å². The highest BCUT2D eigenvalue weighted by atomic mass is 32.1. The molecule has 0 aliphatic carbocycles. The van der Waals surface area contributed by atoms with E-state index in [0.29, 0.717) is 15.7 Å². The first kappa shape index (κ1) is 19.2. The van der Waals surface area contributed by atoms with Gasteiger partial charge in [-0.3, -0.25) is 20.0 Å². The Morgan fingerprint density at radius 3 is 2.86 bits per heavy atom. The number of nitrogens with zero attached hydrogens (tertiary/aromatic N) is 4. The lowest BCUT2D eigenvalue weighted by Crippen LogP contribution is -2.32. The average Bonchev–Trinajstić information content (AvgIpc) is 3.30. The number of hydrogen-bond acceptors (Lipinski definition) is 7. The Hall–Kier alpha value is -2.16. The van der Waals surface area contributed by atoms with Crippen LogP contribution in [0.5, 0.6) is 0 Å². The van der Waals surface area contributed by atoms with E-state index in [1.54, 1.807) is 6.20 Å². The Kier molecular flexibility index (Phi) is 5.79. The predicted octanol–water partition coefficient (Wildman–Crippen LogP) is 4.45. The minimum absolute atomic E-state index is 0.162. The molecule has 1 fully saturated rings. The number of aryl methyl sites for hydroxylation is 1. The fourth-order valence-electron chi connectivity index (χ4n) is 3.25. The summed E-state index contributed by atoms with van der Waals surface area (Å²) in [6, 6.07) is 5.68. The standard InChI is InChI=1S/C20H23N5OS2/c1-13-6-9-25(10-7-13)11-15-12-27-20(23-15)24-18(26)17-14(2)22-19(28-17)16-5-3-4-8-21-16/h3-5,8,12-13H,6-7,9-11H2,1-2H3,(H,23,24,26). The van der Waals surface area contributed by atoms with Gasteiger partial charge in [-0.05, 0) is 50.9 Å². The van der Waals surface area contributed by atoms with Crippen molar-refractivity contribution in [1.82, 2.24) is 19.9 Å². The van der Waals surface area contributed by atoms with Crippen LogP contribution < -0.4 is 5.32 Å². The van der Waals surface area contributed by atoms with Crippen LogP contribution in [0.15, 0.2) is 29.8 Å². The highest BCUT2D eigenvalue weighted by Gasteiger charge is 2.19. The van der Waals surface area contributed by atoms with E-state index in [0.717, 1.165) is 41.9 Å². The highest BCUT2D eigenvalue weighted by Crippen LogP contribution is 2.28. The van der Waals surface area contributed by atoms with Crippen molar-refractivity contribution >= 4 is 33.7 Å². The number of pyridine rings is 1. The van der Waals surface area contributed by atoms with Crippen LogP contribution in [-0.4, -0.2) is 38.8 Å². The molecule has 4 heterocycles. The van der Waals surface area contributed by atoms with E-state index in [-0.39, 0.29) is 5.91 Å². The molecule has 6 nitrogen and oxygen atoms in total. The molecule has 0 spiro atoms. The molecule has 28 heavy (non-hydrogen) atoms. The third-order valence-electron chi connectivity index (χ3n) is 4.92. The Morgan fingerprint density at radius 2 is 2.11 bits per heavy atom. The molecule has 1 aliphatic heterocycles. The van der Waals surface area contributed by atoms with Crippen molar-refractivity contribution in [1.29, 1.82) is 0 Å². The molecule has 0 aromatic carbocycles. The average molecular weight is 414 g/mol. The summed E-state index contributed by atoms with van der Waals surface area (Å²) in [4.78, 5) is 29.2. The van der Waals surface area contributed by atoms with Gasteiger partial charge < -0.3 is 0 Å². The number of amides is 1. The van der Waals surface area contributed by atoms with Gasteiger partial charge >= 0.3 is 0 Å². The normalized spacial score (nSPS) is 15.6. The summed E-state index contributed by atoms with van der Waals surface area (Å²) in [6.45, 7) is 7.26. The first-order valence-corrected chi connectivity index (χ1v) is 11.1. The SMILES string of the molecule is Cc1nc(-c2ccccn2)sc1C(=O)Nc1nc(CN2CCC(C)CC2)cs1. The van der Waals surface area contributed by atoms with Crippen LogP contribution >= 0.6 is 22.7 Å². The quantitative estimate of drug-likeness (QED) is 0.669. The topological polar surface area (TPSA) is 71.0 Å². The Morgan fingerprint density at radius 1 is 1.29 bits per heavy atom. The van der Waals surface area contributed by atoms with Crippen LogP contribution in [0, 0.1) is 12.8 Å². The Balaban J connectivity index is 1.40. The van der Waals surface area contributed by atoms with Crippen molar-refractivity contribution in [2.45, 2.75) is 33.2 Å². The maximum Gasteiger partial charge on any atom is 0.269 e. The van der Waals surface area contributed by atoms with E-state index >= 15 is 0 Å². The minimum Gasteiger partial charge on any atom is -0.297 e. The van der Waals surface area contributed by atoms with Gasteiger partial charge in [0.1, 0.15) is 9.88 Å². The van der Waals surface area contributed by atoms with Crippen LogP contribution in [0.4, 0.5) is 5.13 Å². The molecule has 8 heteroatoms. The van der Waals surface area contributed by atoms with E-state index in [1.165, 1.54) is 35.5 Å². The number of carbonyl (C=O) groups is 1. The molecule has 3 aromatic rings. The fourth-order valence-corrected chi connectivity index (χ4v) is 4.88. The maximum atomic E-state index is 12.7. The lowest BCUT2D eigenvalue weighted by Gasteiger charge is -2.29. The fraction of sp³-hybridized carbons (Fsp3) is 0.400. The largest absolute Gasteiger partial charge is 0.297 e. The van der Waals surface area contributed by atoms with Crippen molar-refractivity contribution in [3.05, 3.63) is 46.0 Å². The van der Waals surface area contributed by atoms with Gasteiger partial charge in [-0.25, -0.2) is 9.97 Å². The zero-order valence-corrected chi connectivity index (χ0v) is 17.6. The number of anilines is 1. The van der Waals surface area contributed by atoms with Crippen LogP contribution in [-0.2, 0) is 6.54 Å². The van der Waals surface area contributed by atoms with E-state index in [2.05, 4.69) is 32.1 Å². The minimum atomic E-state index is -0.162. The van der Waals surface area contributed by atoms with E-state index in [1.807, 2.05) is 30.5 Å². The summed E-state index contributed by atoms with van der Waals surface area (Å²) in [5.74, 6) is 0.657. The van der Waals surface area contributed by atoms with Crippen LogP contribution in [0.3, 0.4) is 0 Å². The first-order chi connectivity index (χ1) is 13.6. The molecule has 1 amide bonds. The van der Waals surface area contributed by atoms with Gasteiger partial charge in [0.2, 0.25) is 0 Å². The lowest BCUT2D eigenvalue weighted by molar-refractivity contribution is 0.102. The number of hydrogen-bond donors (Lipinski definition) is 1. The second-order valence-corrected chi connectivity index (χ2v) is 9.06. The number of aromatic nitrogens is 3. The van der Waals surface area contributed by atoms with Gasteiger partial charge in [0, 0.05) is 18.1 Å². The smallest absolute Gasteiger partial charge is 0.269 e. The number of likely N-dealkylation sites (tertiary alicyclic amines) is 1. The number of piperidine rings is 1. The van der Waals surface area contributed by atoms with Crippen molar-refractivity contribution in [3.8, 4) is 10.7 Å². The molecule has 4 rings (SSSR count). The zero-order chi connectivity index (χ0) is 19.5. The molecule has 0 radical (unpaired) electrons. The summed E-state index contributed by atoms with van der Waals surface area (Å²) in [7, 11) is 0. The number of nitrogens with one attached hydrogen (secondary N) is 1. The molecule has 1 N–H and O–H groups in total. The number of carbonyl (C=O) groups excluding carboxylic acids is 1. The van der Waals surface area contributed by atoms with Gasteiger partial charge in [-0.15, -0.1) is 22.7 Å². The second kappa shape index (κ2) is 8.46. The molecule has 1 aliphatic rings. The molecule has 146 valence electrons. The predicted molar refractivity (Wildman–Crippen MR) is 114 cm³/mol. The van der Waals surface area contributed by atoms with Gasteiger partial charge in [-0.2, -0.15) is 0 Å². The zero-order valence-electron chi connectivity index (χ0n) is 16.0. The van der Waals surface area contributed by atoms with Crippen molar-refractivity contribution < 1.29 is 4.79 Å². The summed E-state index contributed by atoms with van der Waals surface area (Å²) in [5, 5.41) is 6.35. The highest BCUT2D eigenvalue weighted by molar-refractivity contribution is 7.17. The summed E-state index contributed by atoms with van der Waals surface area (Å²) in [5.41, 5.74) is 2.51. The maximum absolute atomic E-state index is 12.7. The van der Waals surface area contributed by atoms with E-state index in [4.69, 9.17) is 0 Å². The van der Waals surface area contributed by atoms with E-state index < -0.39 is 0 Å². The molecule has 3 aromatic heterocycles. The molecular weight excluding hydrogens is 390 g/mol. The first-order valence-electron chi connectivity index (χ1n) is 9.45. The summed E-state index contributed by atoms with van der Waals surface area (Å²) >= 11 is 2.83. The van der Waals surface area contributed by atoms with Crippen LogP contribution in [0.2, 0.25) is 0 Å².